The van der Waals surface area contributed by atoms with Crippen LogP contribution in [0.25, 0.3) is 0 Å². The van der Waals surface area contributed by atoms with Crippen molar-refractivity contribution in [3.63, 3.8) is 0 Å². The Morgan fingerprint density at radius 1 is 1.55 bits per heavy atom. The van der Waals surface area contributed by atoms with E-state index in [0.717, 1.165) is 22.1 Å². The highest BCUT2D eigenvalue weighted by Gasteiger charge is 2.54. The maximum atomic E-state index is 12.5. The second-order valence-electron chi connectivity index (χ2n) is 5.02. The van der Waals surface area contributed by atoms with Crippen molar-refractivity contribution in [3.8, 4) is 0 Å². The lowest BCUT2D eigenvalue weighted by atomic mass is 10.2. The first-order valence-corrected chi connectivity index (χ1v) is 7.83. The van der Waals surface area contributed by atoms with Crippen LogP contribution in [-0.4, -0.2) is 23.4 Å². The largest absolute Gasteiger partial charge is 0.312 e. The molecule has 0 aliphatic heterocycles. The number of rotatable bonds is 6. The summed E-state index contributed by atoms with van der Waals surface area (Å²) in [5.74, 6) is -0.554. The smallest absolute Gasteiger partial charge is 0.237 e. The molecule has 20 heavy (non-hydrogen) atoms. The molecule has 1 aromatic carbocycles. The molecule has 1 fully saturated rings. The van der Waals surface area contributed by atoms with E-state index in [1.54, 1.807) is 4.90 Å². The van der Waals surface area contributed by atoms with Crippen LogP contribution in [-0.2, 0) is 4.79 Å². The molecule has 0 spiro atoms. The monoisotopic (exact) mass is 388 g/mol. The topological polar surface area (TPSA) is 63.5 Å². The summed E-state index contributed by atoms with van der Waals surface area (Å²) in [6.45, 7) is 2.69. The van der Waals surface area contributed by atoms with E-state index in [1.807, 2.05) is 24.3 Å². The van der Waals surface area contributed by atoms with Crippen molar-refractivity contribution >= 4 is 34.2 Å². The van der Waals surface area contributed by atoms with E-state index in [2.05, 4.69) is 29.5 Å². The molecular weight excluding hydrogens is 371 g/mol. The van der Waals surface area contributed by atoms with Crippen molar-refractivity contribution in [1.82, 2.24) is 0 Å². The van der Waals surface area contributed by atoms with Gasteiger partial charge >= 0.3 is 0 Å². The van der Waals surface area contributed by atoms with E-state index >= 15 is 0 Å². The number of amides is 1. The average molecular weight is 388 g/mol. The van der Waals surface area contributed by atoms with Gasteiger partial charge in [-0.3, -0.25) is 14.9 Å². The van der Waals surface area contributed by atoms with Gasteiger partial charge in [0.15, 0.2) is 0 Å². The van der Waals surface area contributed by atoms with Gasteiger partial charge in [0, 0.05) is 27.1 Å². The third-order valence-electron chi connectivity index (χ3n) is 3.47. The molecule has 0 heterocycles. The van der Waals surface area contributed by atoms with Crippen molar-refractivity contribution in [1.29, 1.82) is 0 Å². The Labute approximate surface area is 131 Å². The summed E-state index contributed by atoms with van der Waals surface area (Å²) in [5, 5.41) is 10.7. The van der Waals surface area contributed by atoms with Gasteiger partial charge in [0.25, 0.3) is 0 Å². The van der Waals surface area contributed by atoms with Crippen molar-refractivity contribution in [2.75, 3.05) is 11.4 Å². The zero-order valence-corrected chi connectivity index (χ0v) is 13.4. The lowest BCUT2D eigenvalue weighted by Gasteiger charge is -2.22. The lowest BCUT2D eigenvalue weighted by molar-refractivity contribution is -0.497. The van der Waals surface area contributed by atoms with Crippen LogP contribution < -0.4 is 4.90 Å². The Balaban J connectivity index is 2.15. The van der Waals surface area contributed by atoms with Gasteiger partial charge in [-0.25, -0.2) is 0 Å². The Morgan fingerprint density at radius 2 is 2.30 bits per heavy atom. The molecule has 1 aliphatic rings. The highest BCUT2D eigenvalue weighted by atomic mass is 127. The van der Waals surface area contributed by atoms with Crippen molar-refractivity contribution in [2.45, 2.75) is 32.2 Å². The first kappa shape index (κ1) is 15.2. The maximum absolute atomic E-state index is 12.5. The van der Waals surface area contributed by atoms with Gasteiger partial charge in [-0.05, 0) is 47.2 Å². The normalized spacial score (nSPS) is 20.5. The van der Waals surface area contributed by atoms with Crippen LogP contribution in [0.1, 0.15) is 26.2 Å². The van der Waals surface area contributed by atoms with Gasteiger partial charge in [0.05, 0.1) is 0 Å². The molecule has 0 radical (unpaired) electrons. The van der Waals surface area contributed by atoms with Crippen molar-refractivity contribution < 1.29 is 9.72 Å². The SMILES string of the molecule is CCCCN(C(=O)C1CC1[N+](=O)[O-])c1cccc(I)c1. The molecule has 0 saturated heterocycles. The minimum atomic E-state index is -0.686. The fourth-order valence-electron chi connectivity index (χ4n) is 2.21. The number of hydrogen-bond donors (Lipinski definition) is 0. The molecule has 2 rings (SSSR count). The molecule has 0 aromatic heterocycles. The molecule has 2 unspecified atom stereocenters. The van der Waals surface area contributed by atoms with E-state index in [1.165, 1.54) is 0 Å². The van der Waals surface area contributed by atoms with Crippen molar-refractivity contribution in [3.05, 3.63) is 37.9 Å². The Bertz CT molecular complexity index is 521. The Morgan fingerprint density at radius 3 is 2.85 bits per heavy atom. The van der Waals surface area contributed by atoms with Gasteiger partial charge in [-0.15, -0.1) is 0 Å². The van der Waals surface area contributed by atoms with E-state index < -0.39 is 12.0 Å². The standard InChI is InChI=1S/C14H17IN2O3/c1-2-3-7-16(11-6-4-5-10(15)8-11)14(18)12-9-13(12)17(19)20/h4-6,8,12-13H,2-3,7,9H2,1H3. The number of nitrogens with zero attached hydrogens (tertiary/aromatic N) is 2. The fraction of sp³-hybridized carbons (Fsp3) is 0.500. The summed E-state index contributed by atoms with van der Waals surface area (Å²) in [6.07, 6.45) is 2.25. The zero-order valence-electron chi connectivity index (χ0n) is 11.3. The number of nitro groups is 1. The summed E-state index contributed by atoms with van der Waals surface area (Å²) < 4.78 is 1.05. The predicted octanol–water partition coefficient (Wildman–Crippen LogP) is 3.09. The molecule has 1 aromatic rings. The summed E-state index contributed by atoms with van der Waals surface area (Å²) in [6, 6.07) is 7.01. The second kappa shape index (κ2) is 6.51. The van der Waals surface area contributed by atoms with Gasteiger partial charge in [0.2, 0.25) is 11.9 Å². The maximum Gasteiger partial charge on any atom is 0.237 e. The van der Waals surface area contributed by atoms with Crippen LogP contribution in [0.4, 0.5) is 5.69 Å². The lowest BCUT2D eigenvalue weighted by Crippen LogP contribution is -2.34. The van der Waals surface area contributed by atoms with E-state index in [-0.39, 0.29) is 10.8 Å². The van der Waals surface area contributed by atoms with E-state index in [9.17, 15) is 14.9 Å². The second-order valence-corrected chi connectivity index (χ2v) is 6.26. The average Bonchev–Trinajstić information content (AvgIpc) is 3.19. The van der Waals surface area contributed by atoms with Crippen LogP contribution in [0.5, 0.6) is 0 Å². The number of anilines is 1. The van der Waals surface area contributed by atoms with Crippen LogP contribution in [0.15, 0.2) is 24.3 Å². The molecule has 1 amide bonds. The zero-order chi connectivity index (χ0) is 14.7. The number of carbonyl (C=O) groups is 1. The van der Waals surface area contributed by atoms with E-state index in [4.69, 9.17) is 0 Å². The predicted molar refractivity (Wildman–Crippen MR) is 85.3 cm³/mol. The summed E-state index contributed by atoms with van der Waals surface area (Å²) in [5.41, 5.74) is 0.837. The number of benzene rings is 1. The molecule has 0 N–H and O–H groups in total. The molecule has 6 heteroatoms. The molecule has 1 saturated carbocycles. The van der Waals surface area contributed by atoms with Gasteiger partial charge in [0.1, 0.15) is 5.92 Å². The molecule has 5 nitrogen and oxygen atoms in total. The minimum Gasteiger partial charge on any atom is -0.312 e. The van der Waals surface area contributed by atoms with Crippen molar-refractivity contribution in [2.24, 2.45) is 5.92 Å². The van der Waals surface area contributed by atoms with Gasteiger partial charge < -0.3 is 4.90 Å². The van der Waals surface area contributed by atoms with E-state index in [0.29, 0.717) is 13.0 Å². The fourth-order valence-corrected chi connectivity index (χ4v) is 2.73. The number of hydrogen-bond acceptors (Lipinski definition) is 3. The Hall–Kier alpha value is -1.18. The highest BCUT2D eigenvalue weighted by molar-refractivity contribution is 14.1. The third-order valence-corrected chi connectivity index (χ3v) is 4.14. The number of unbranched alkanes of at least 4 members (excludes halogenated alkanes) is 1. The quantitative estimate of drug-likeness (QED) is 0.428. The summed E-state index contributed by atoms with van der Waals surface area (Å²) >= 11 is 2.20. The number of carbonyl (C=O) groups excluding carboxylic acids is 1. The van der Waals surface area contributed by atoms with Gasteiger partial charge in [-0.1, -0.05) is 19.4 Å². The van der Waals surface area contributed by atoms with Crippen LogP contribution >= 0.6 is 22.6 Å². The highest BCUT2D eigenvalue weighted by Crippen LogP contribution is 2.36. The number of halogens is 1. The first-order valence-electron chi connectivity index (χ1n) is 6.75. The van der Waals surface area contributed by atoms with Crippen LogP contribution in [0.3, 0.4) is 0 Å². The summed E-state index contributed by atoms with van der Waals surface area (Å²) in [7, 11) is 0. The molecule has 1 aliphatic carbocycles. The molecular formula is C14H17IN2O3. The molecule has 2 atom stereocenters. The van der Waals surface area contributed by atoms with Crippen LogP contribution in [0, 0.1) is 19.6 Å². The molecule has 0 bridgehead atoms. The van der Waals surface area contributed by atoms with Gasteiger partial charge in [-0.2, -0.15) is 0 Å². The third kappa shape index (κ3) is 3.47. The van der Waals surface area contributed by atoms with Crippen LogP contribution in [0.2, 0.25) is 0 Å². The first-order chi connectivity index (χ1) is 9.54. The minimum absolute atomic E-state index is 0.109. The summed E-state index contributed by atoms with van der Waals surface area (Å²) in [4.78, 5) is 24.6. The molecule has 108 valence electrons. The Kier molecular flexibility index (Phi) is 4.95.